The van der Waals surface area contributed by atoms with Crippen LogP contribution in [-0.4, -0.2) is 63.1 Å². The van der Waals surface area contributed by atoms with Gasteiger partial charge in [0, 0.05) is 22.5 Å². The molecule has 1 atom stereocenters. The number of hydrogen-bond donors (Lipinski definition) is 5. The summed E-state index contributed by atoms with van der Waals surface area (Å²) >= 11 is 0. The van der Waals surface area contributed by atoms with Crippen molar-refractivity contribution in [3.05, 3.63) is 126 Å². The van der Waals surface area contributed by atoms with Gasteiger partial charge in [-0.05, 0) is 78.9 Å². The minimum absolute atomic E-state index is 0.00293. The van der Waals surface area contributed by atoms with Crippen LogP contribution in [-0.2, 0) is 14.6 Å². The molecule has 0 fully saturated rings. The molecule has 4 aromatic carbocycles. The number of rotatable bonds is 18. The Kier molecular flexibility index (Phi) is 14.7. The number of ether oxygens (including phenoxy) is 3. The molecule has 6 N–H and O–H groups in total. The molecule has 4 rings (SSSR count). The number of amides is 4. The summed E-state index contributed by atoms with van der Waals surface area (Å²) in [6, 6.07) is 19.7. The molecule has 0 radical (unpaired) electrons. The molecule has 0 aliphatic carbocycles. The highest BCUT2D eigenvalue weighted by Gasteiger charge is 2.25. The predicted octanol–water partition coefficient (Wildman–Crippen LogP) is 5.28. The molecule has 288 valence electrons. The number of anilines is 4. The van der Waals surface area contributed by atoms with E-state index in [1.54, 1.807) is 12.1 Å². The monoisotopic (exact) mass is 762 g/mol. The van der Waals surface area contributed by atoms with Gasteiger partial charge in [0.15, 0.2) is 11.5 Å². The third-order valence-electron chi connectivity index (χ3n) is 7.67. The number of nitrogen functional groups attached to an aromatic ring is 1. The lowest BCUT2D eigenvalue weighted by Gasteiger charge is -2.19. The predicted molar refractivity (Wildman–Crippen MR) is 207 cm³/mol. The summed E-state index contributed by atoms with van der Waals surface area (Å²) in [4.78, 5) is 74.3. The second-order valence-corrected chi connectivity index (χ2v) is 11.5. The highest BCUT2D eigenvalue weighted by molar-refractivity contribution is 6.10. The normalized spacial score (nSPS) is 10.7. The molecule has 0 saturated carbocycles. The number of nitriles is 1. The van der Waals surface area contributed by atoms with Crippen molar-refractivity contribution in [1.29, 1.82) is 5.26 Å². The minimum atomic E-state index is -1.16. The van der Waals surface area contributed by atoms with Crippen molar-refractivity contribution in [3.8, 4) is 23.3 Å². The van der Waals surface area contributed by atoms with Gasteiger partial charge >= 0.3 is 5.97 Å². The van der Waals surface area contributed by atoms with E-state index in [2.05, 4.69) is 34.4 Å². The summed E-state index contributed by atoms with van der Waals surface area (Å²) < 4.78 is 16.8. The van der Waals surface area contributed by atoms with Gasteiger partial charge in [-0.2, -0.15) is 10.1 Å². The summed E-state index contributed by atoms with van der Waals surface area (Å²) in [5, 5.41) is 19.9. The van der Waals surface area contributed by atoms with Crippen LogP contribution in [0.4, 0.5) is 22.7 Å². The van der Waals surface area contributed by atoms with Crippen molar-refractivity contribution < 1.29 is 48.0 Å². The molecule has 1 unspecified atom stereocenters. The number of nitrogens with two attached hydrogens (primary N) is 1. The van der Waals surface area contributed by atoms with E-state index in [0.29, 0.717) is 11.4 Å². The van der Waals surface area contributed by atoms with E-state index in [9.17, 15) is 29.2 Å². The molecule has 56 heavy (non-hydrogen) atoms. The van der Waals surface area contributed by atoms with Crippen LogP contribution in [0.2, 0.25) is 0 Å². The smallest absolute Gasteiger partial charge is 0.373 e. The maximum atomic E-state index is 13.6. The van der Waals surface area contributed by atoms with Crippen LogP contribution in [0.15, 0.2) is 104 Å². The van der Waals surface area contributed by atoms with Gasteiger partial charge in [-0.15, -0.1) is 6.58 Å². The van der Waals surface area contributed by atoms with Crippen molar-refractivity contribution in [3.63, 3.8) is 0 Å². The summed E-state index contributed by atoms with van der Waals surface area (Å²) in [6.07, 6.45) is 2.58. The molecule has 0 bridgehead atoms. The number of nitrogens with zero attached hydrogens (tertiary/aromatic N) is 1. The Bertz CT molecular complexity index is 2150. The Morgan fingerprint density at radius 2 is 1.38 bits per heavy atom. The highest BCUT2D eigenvalue weighted by atomic mass is 17.2. The number of nitrogens with one attached hydrogen (secondary N) is 4. The zero-order chi connectivity index (χ0) is 40.6. The van der Waals surface area contributed by atoms with Gasteiger partial charge < -0.3 is 41.2 Å². The first-order valence-electron chi connectivity index (χ1n) is 16.7. The van der Waals surface area contributed by atoms with Crippen LogP contribution in [0.5, 0.6) is 17.2 Å². The van der Waals surface area contributed by atoms with Gasteiger partial charge in [-0.3, -0.25) is 24.1 Å². The van der Waals surface area contributed by atoms with Crippen molar-refractivity contribution in [1.82, 2.24) is 5.32 Å². The van der Waals surface area contributed by atoms with Gasteiger partial charge in [-0.1, -0.05) is 18.7 Å². The minimum Gasteiger partial charge on any atom is -0.495 e. The average Bonchev–Trinajstić information content (AvgIpc) is 3.20. The van der Waals surface area contributed by atoms with Crippen LogP contribution in [0.3, 0.4) is 0 Å². The van der Waals surface area contributed by atoms with E-state index in [4.69, 9.17) is 29.7 Å². The van der Waals surface area contributed by atoms with E-state index in [1.165, 1.54) is 93.1 Å². The van der Waals surface area contributed by atoms with Crippen LogP contribution in [0, 0.1) is 11.3 Å². The molecular formula is C40H38N6O10. The Hall–Kier alpha value is -7.64. The van der Waals surface area contributed by atoms with E-state index in [-0.39, 0.29) is 70.5 Å². The zero-order valence-electron chi connectivity index (χ0n) is 30.4. The lowest BCUT2D eigenvalue weighted by atomic mass is 10.1. The van der Waals surface area contributed by atoms with Crippen molar-refractivity contribution in [2.45, 2.75) is 12.5 Å². The third kappa shape index (κ3) is 10.7. The molecule has 0 aliphatic heterocycles. The second kappa shape index (κ2) is 20.0. The zero-order valence-corrected chi connectivity index (χ0v) is 30.4. The SMILES string of the molecule is C=CCOOC(=O)c1ccc(NC(=O)c2ccc(NC(=O)c3ccc(NC(=O)C(CC#N)NC(=O)c4ccc(N)cc4)cc3)c(OC)c2OCC=C)c(OC)c1. The summed E-state index contributed by atoms with van der Waals surface area (Å²) in [5.41, 5.74) is 7.40. The summed E-state index contributed by atoms with van der Waals surface area (Å²) in [7, 11) is 2.69. The Morgan fingerprint density at radius 3 is 2.02 bits per heavy atom. The first-order valence-corrected chi connectivity index (χ1v) is 16.7. The largest absolute Gasteiger partial charge is 0.495 e. The van der Waals surface area contributed by atoms with Crippen molar-refractivity contribution >= 4 is 52.3 Å². The molecule has 16 nitrogen and oxygen atoms in total. The quantitative estimate of drug-likeness (QED) is 0.0287. The maximum absolute atomic E-state index is 13.6. The summed E-state index contributed by atoms with van der Waals surface area (Å²) in [5.74, 6) is -3.01. The van der Waals surface area contributed by atoms with Gasteiger partial charge in [0.1, 0.15) is 25.0 Å². The number of carbonyl (C=O) groups excluding carboxylic acids is 5. The molecule has 0 aliphatic rings. The lowest BCUT2D eigenvalue weighted by Crippen LogP contribution is -2.43. The third-order valence-corrected chi connectivity index (χ3v) is 7.67. The lowest BCUT2D eigenvalue weighted by molar-refractivity contribution is -0.231. The average molecular weight is 763 g/mol. The Labute approximate surface area is 321 Å². The van der Waals surface area contributed by atoms with Crippen LogP contribution in [0.25, 0.3) is 0 Å². The first kappa shape index (κ1) is 41.1. The van der Waals surface area contributed by atoms with Crippen LogP contribution < -0.4 is 41.2 Å². The number of hydrogen-bond acceptors (Lipinski definition) is 12. The molecule has 0 heterocycles. The number of carbonyl (C=O) groups is 5. The van der Waals surface area contributed by atoms with Crippen molar-refractivity contribution in [2.75, 3.05) is 49.1 Å². The van der Waals surface area contributed by atoms with E-state index < -0.39 is 35.6 Å². The molecular weight excluding hydrogens is 724 g/mol. The topological polar surface area (TPSA) is 229 Å². The number of methoxy groups -OCH3 is 2. The molecule has 4 amide bonds. The molecule has 4 aromatic rings. The molecule has 0 spiro atoms. The number of benzene rings is 4. The van der Waals surface area contributed by atoms with Gasteiger partial charge in [0.05, 0.1) is 49.2 Å². The fourth-order valence-corrected chi connectivity index (χ4v) is 4.93. The standard InChI is InChI=1S/C40H38N6O10/c1-5-21-54-34-29(38(49)44-30-17-11-26(23-33(30)52-3)40(51)56-55-22-6-2)16-18-31(35(34)53-4)45-36(47)25-9-14-28(15-10-25)43-39(50)32(19-20-41)46-37(48)24-7-12-27(42)13-8-24/h5-18,23,32H,1-2,19,21-22,42H2,3-4H3,(H,43,50)(H,44,49)(H,45,47)(H,46,48). The van der Waals surface area contributed by atoms with Crippen LogP contribution in [0.1, 0.15) is 47.9 Å². The summed E-state index contributed by atoms with van der Waals surface area (Å²) in [6.45, 7) is 7.11. The van der Waals surface area contributed by atoms with Crippen molar-refractivity contribution in [2.24, 2.45) is 0 Å². The first-order chi connectivity index (χ1) is 27.0. The second-order valence-electron chi connectivity index (χ2n) is 11.5. The Morgan fingerprint density at radius 1 is 0.750 bits per heavy atom. The van der Waals surface area contributed by atoms with Gasteiger partial charge in [-0.25, -0.2) is 4.79 Å². The molecule has 0 saturated heterocycles. The fraction of sp³-hybridized carbons (Fsp3) is 0.150. The maximum Gasteiger partial charge on any atom is 0.373 e. The molecule has 0 aromatic heterocycles. The van der Waals surface area contributed by atoms with E-state index in [0.717, 1.165) is 0 Å². The Balaban J connectivity index is 1.48. The van der Waals surface area contributed by atoms with Gasteiger partial charge in [0.2, 0.25) is 5.91 Å². The fourth-order valence-electron chi connectivity index (χ4n) is 4.93. The van der Waals surface area contributed by atoms with Gasteiger partial charge in [0.25, 0.3) is 17.7 Å². The van der Waals surface area contributed by atoms with E-state index in [1.807, 2.05) is 6.07 Å². The molecule has 16 heteroatoms. The van der Waals surface area contributed by atoms with Crippen LogP contribution >= 0.6 is 0 Å². The highest BCUT2D eigenvalue weighted by Crippen LogP contribution is 2.40. The van der Waals surface area contributed by atoms with E-state index >= 15 is 0 Å².